The van der Waals surface area contributed by atoms with Crippen LogP contribution in [0.15, 0.2) is 23.4 Å². The lowest BCUT2D eigenvalue weighted by Crippen LogP contribution is -1.97. The van der Waals surface area contributed by atoms with Crippen LogP contribution in [-0.4, -0.2) is 22.0 Å². The van der Waals surface area contributed by atoms with E-state index in [2.05, 4.69) is 20.3 Å². The number of aromatic nitrogens is 3. The molecule has 2 heterocycles. The molecule has 4 nitrogen and oxygen atoms in total. The minimum Gasteiger partial charge on any atom is -0.373 e. The molecule has 0 aromatic carbocycles. The van der Waals surface area contributed by atoms with E-state index < -0.39 is 0 Å². The Morgan fingerprint density at radius 2 is 1.84 bits per heavy atom. The molecule has 0 bridgehead atoms. The normalized spacial score (nSPS) is 10.5. The summed E-state index contributed by atoms with van der Waals surface area (Å²) in [6.07, 6.45) is 0. The summed E-state index contributed by atoms with van der Waals surface area (Å²) in [6, 6.07) is 5.65. The van der Waals surface area contributed by atoms with Crippen LogP contribution >= 0.6 is 23.4 Å². The standard InChI is InChI=1S/C13H15ClN4S/c1-8-6-9(2)17-13(16-8)19-7-11-10(14)4-5-12(15-3)18-11/h4-6H,7H2,1-3H3,(H,15,18). The number of aryl methyl sites for hydroxylation is 2. The predicted molar refractivity (Wildman–Crippen MR) is 79.9 cm³/mol. The molecule has 0 saturated heterocycles. The number of thioether (sulfide) groups is 1. The Morgan fingerprint density at radius 3 is 2.47 bits per heavy atom. The third kappa shape index (κ3) is 3.81. The van der Waals surface area contributed by atoms with Crippen LogP contribution in [0.25, 0.3) is 0 Å². The number of pyridine rings is 1. The lowest BCUT2D eigenvalue weighted by atomic mass is 10.3. The van der Waals surface area contributed by atoms with Crippen molar-refractivity contribution in [3.8, 4) is 0 Å². The van der Waals surface area contributed by atoms with Crippen molar-refractivity contribution in [3.05, 3.63) is 40.3 Å². The van der Waals surface area contributed by atoms with Crippen molar-refractivity contribution in [2.45, 2.75) is 24.8 Å². The zero-order chi connectivity index (χ0) is 13.8. The third-order valence-electron chi connectivity index (χ3n) is 2.47. The average molecular weight is 295 g/mol. The third-order valence-corrected chi connectivity index (χ3v) is 3.68. The molecule has 100 valence electrons. The van der Waals surface area contributed by atoms with Crippen LogP contribution in [0.1, 0.15) is 17.1 Å². The molecule has 0 fully saturated rings. The fraction of sp³-hybridized carbons (Fsp3) is 0.308. The molecule has 0 atom stereocenters. The largest absolute Gasteiger partial charge is 0.373 e. The number of rotatable bonds is 4. The van der Waals surface area contributed by atoms with E-state index in [9.17, 15) is 0 Å². The second kappa shape index (κ2) is 6.21. The van der Waals surface area contributed by atoms with Gasteiger partial charge in [-0.05, 0) is 32.0 Å². The molecule has 0 aliphatic heterocycles. The van der Waals surface area contributed by atoms with E-state index in [1.807, 2.05) is 39.1 Å². The summed E-state index contributed by atoms with van der Waals surface area (Å²) >= 11 is 7.68. The summed E-state index contributed by atoms with van der Waals surface area (Å²) in [5.74, 6) is 1.46. The minimum absolute atomic E-state index is 0.650. The Balaban J connectivity index is 2.13. The second-order valence-electron chi connectivity index (χ2n) is 4.10. The maximum atomic E-state index is 6.14. The molecule has 2 aromatic rings. The number of halogens is 1. The smallest absolute Gasteiger partial charge is 0.188 e. The van der Waals surface area contributed by atoms with Gasteiger partial charge in [-0.15, -0.1) is 0 Å². The first-order chi connectivity index (χ1) is 9.08. The van der Waals surface area contributed by atoms with Gasteiger partial charge in [0.25, 0.3) is 0 Å². The summed E-state index contributed by atoms with van der Waals surface area (Å²) in [4.78, 5) is 13.2. The molecule has 0 radical (unpaired) electrons. The van der Waals surface area contributed by atoms with Crippen molar-refractivity contribution in [2.75, 3.05) is 12.4 Å². The number of nitrogens with one attached hydrogen (secondary N) is 1. The lowest BCUT2D eigenvalue weighted by molar-refractivity contribution is 0.901. The second-order valence-corrected chi connectivity index (χ2v) is 5.45. The van der Waals surface area contributed by atoms with Gasteiger partial charge in [0.1, 0.15) is 5.82 Å². The molecule has 1 N–H and O–H groups in total. The van der Waals surface area contributed by atoms with Gasteiger partial charge in [0.15, 0.2) is 5.16 Å². The number of hydrogen-bond donors (Lipinski definition) is 1. The SMILES string of the molecule is CNc1ccc(Cl)c(CSc2nc(C)cc(C)n2)n1. The topological polar surface area (TPSA) is 50.7 Å². The Hall–Kier alpha value is -1.33. The monoisotopic (exact) mass is 294 g/mol. The summed E-state index contributed by atoms with van der Waals surface area (Å²) in [7, 11) is 1.83. The molecule has 2 rings (SSSR count). The van der Waals surface area contributed by atoms with E-state index in [1.54, 1.807) is 0 Å². The van der Waals surface area contributed by atoms with Gasteiger partial charge in [-0.2, -0.15) is 0 Å². The van der Waals surface area contributed by atoms with Gasteiger partial charge < -0.3 is 5.32 Å². The Bertz CT molecular complexity index is 569. The molecule has 0 amide bonds. The molecule has 6 heteroatoms. The van der Waals surface area contributed by atoms with E-state index >= 15 is 0 Å². The summed E-state index contributed by atoms with van der Waals surface area (Å²) in [5, 5.41) is 4.42. The van der Waals surface area contributed by atoms with Gasteiger partial charge >= 0.3 is 0 Å². The van der Waals surface area contributed by atoms with Crippen molar-refractivity contribution < 1.29 is 0 Å². The molecule has 2 aromatic heterocycles. The van der Waals surface area contributed by atoms with Crippen molar-refractivity contribution in [1.29, 1.82) is 0 Å². The lowest BCUT2D eigenvalue weighted by Gasteiger charge is -2.06. The van der Waals surface area contributed by atoms with Gasteiger partial charge in [0.05, 0.1) is 10.7 Å². The Kier molecular flexibility index (Phi) is 4.61. The quantitative estimate of drug-likeness (QED) is 0.691. The average Bonchev–Trinajstić information content (AvgIpc) is 2.37. The molecule has 0 unspecified atom stereocenters. The molecule has 0 aliphatic carbocycles. The van der Waals surface area contributed by atoms with Crippen LogP contribution in [-0.2, 0) is 5.75 Å². The summed E-state index contributed by atoms with van der Waals surface area (Å²) in [5.41, 5.74) is 2.78. The van der Waals surface area contributed by atoms with Crippen LogP contribution in [0.3, 0.4) is 0 Å². The van der Waals surface area contributed by atoms with Gasteiger partial charge in [-0.25, -0.2) is 15.0 Å². The highest BCUT2D eigenvalue weighted by Gasteiger charge is 2.07. The van der Waals surface area contributed by atoms with Crippen LogP contribution in [0, 0.1) is 13.8 Å². The van der Waals surface area contributed by atoms with Crippen molar-refractivity contribution >= 4 is 29.2 Å². The van der Waals surface area contributed by atoms with Crippen LogP contribution in [0.5, 0.6) is 0 Å². The maximum absolute atomic E-state index is 6.14. The van der Waals surface area contributed by atoms with E-state index in [4.69, 9.17) is 11.6 Å². The number of anilines is 1. The molecule has 0 aliphatic rings. The number of hydrogen-bond acceptors (Lipinski definition) is 5. The van der Waals surface area contributed by atoms with E-state index in [1.165, 1.54) is 11.8 Å². The first kappa shape index (κ1) is 14.1. The highest BCUT2D eigenvalue weighted by molar-refractivity contribution is 7.98. The zero-order valence-electron chi connectivity index (χ0n) is 11.1. The minimum atomic E-state index is 0.650. The van der Waals surface area contributed by atoms with Gasteiger partial charge in [-0.1, -0.05) is 23.4 Å². The van der Waals surface area contributed by atoms with Gasteiger partial charge in [-0.3, -0.25) is 0 Å². The maximum Gasteiger partial charge on any atom is 0.188 e. The molecule has 0 spiro atoms. The zero-order valence-corrected chi connectivity index (χ0v) is 12.6. The van der Waals surface area contributed by atoms with Crippen LogP contribution in [0.2, 0.25) is 5.02 Å². The van der Waals surface area contributed by atoms with Gasteiger partial charge in [0, 0.05) is 24.2 Å². The Labute approximate surface area is 122 Å². The van der Waals surface area contributed by atoms with E-state index in [0.29, 0.717) is 10.8 Å². The van der Waals surface area contributed by atoms with Crippen LogP contribution < -0.4 is 5.32 Å². The number of nitrogens with zero attached hydrogens (tertiary/aromatic N) is 3. The molecule has 0 saturated carbocycles. The first-order valence-electron chi connectivity index (χ1n) is 5.87. The highest BCUT2D eigenvalue weighted by Crippen LogP contribution is 2.24. The van der Waals surface area contributed by atoms with Crippen molar-refractivity contribution in [2.24, 2.45) is 0 Å². The summed E-state index contributed by atoms with van der Waals surface area (Å²) in [6.45, 7) is 3.93. The highest BCUT2D eigenvalue weighted by atomic mass is 35.5. The Morgan fingerprint density at radius 1 is 1.16 bits per heavy atom. The van der Waals surface area contributed by atoms with Crippen molar-refractivity contribution in [1.82, 2.24) is 15.0 Å². The molecular formula is C13H15ClN4S. The molecule has 19 heavy (non-hydrogen) atoms. The predicted octanol–water partition coefficient (Wildman–Crippen LogP) is 3.48. The van der Waals surface area contributed by atoms with E-state index in [0.717, 1.165) is 28.1 Å². The van der Waals surface area contributed by atoms with Crippen molar-refractivity contribution in [3.63, 3.8) is 0 Å². The first-order valence-corrected chi connectivity index (χ1v) is 7.23. The summed E-state index contributed by atoms with van der Waals surface area (Å²) < 4.78 is 0. The van der Waals surface area contributed by atoms with Gasteiger partial charge in [0.2, 0.25) is 0 Å². The fourth-order valence-corrected chi connectivity index (χ4v) is 2.77. The van der Waals surface area contributed by atoms with Crippen LogP contribution in [0.4, 0.5) is 5.82 Å². The van der Waals surface area contributed by atoms with E-state index in [-0.39, 0.29) is 0 Å². The fourth-order valence-electron chi connectivity index (χ4n) is 1.62. The molecular weight excluding hydrogens is 280 g/mol.